The minimum Gasteiger partial charge on any atom is -0.496 e. The SMILES string of the molecule is CCOC(=O)N1CCN(S(=O)(=O)c2cc(C)c(OC)c(C)c2)CC1. The van der Waals surface area contributed by atoms with Crippen molar-refractivity contribution < 1.29 is 22.7 Å². The van der Waals surface area contributed by atoms with Gasteiger partial charge in [0, 0.05) is 26.2 Å². The van der Waals surface area contributed by atoms with Crippen molar-refractivity contribution >= 4 is 16.1 Å². The maximum Gasteiger partial charge on any atom is 0.409 e. The molecule has 1 fully saturated rings. The van der Waals surface area contributed by atoms with E-state index in [1.165, 1.54) is 9.21 Å². The molecule has 24 heavy (non-hydrogen) atoms. The molecule has 0 atom stereocenters. The zero-order valence-corrected chi connectivity index (χ0v) is 15.4. The standard InChI is InChI=1S/C16H24N2O5S/c1-5-23-16(19)17-6-8-18(9-7-17)24(20,21)14-10-12(2)15(22-4)13(3)11-14/h10-11H,5-9H2,1-4H3. The van der Waals surface area contributed by atoms with Crippen molar-refractivity contribution in [1.82, 2.24) is 9.21 Å². The lowest BCUT2D eigenvalue weighted by atomic mass is 10.1. The topological polar surface area (TPSA) is 76.2 Å². The number of benzene rings is 1. The summed E-state index contributed by atoms with van der Waals surface area (Å²) >= 11 is 0. The van der Waals surface area contributed by atoms with Crippen LogP contribution in [-0.4, -0.2) is 63.6 Å². The van der Waals surface area contributed by atoms with Gasteiger partial charge in [-0.05, 0) is 44.0 Å². The summed E-state index contributed by atoms with van der Waals surface area (Å²) in [5.41, 5.74) is 1.56. The van der Waals surface area contributed by atoms with Gasteiger partial charge in [0.25, 0.3) is 0 Å². The lowest BCUT2D eigenvalue weighted by Crippen LogP contribution is -2.50. The molecule has 1 heterocycles. The largest absolute Gasteiger partial charge is 0.496 e. The van der Waals surface area contributed by atoms with Crippen molar-refractivity contribution in [3.63, 3.8) is 0 Å². The van der Waals surface area contributed by atoms with Gasteiger partial charge < -0.3 is 14.4 Å². The zero-order valence-electron chi connectivity index (χ0n) is 14.5. The Kier molecular flexibility index (Phi) is 5.71. The molecule has 8 heteroatoms. The van der Waals surface area contributed by atoms with Crippen molar-refractivity contribution in [2.45, 2.75) is 25.7 Å². The maximum atomic E-state index is 12.8. The summed E-state index contributed by atoms with van der Waals surface area (Å²) in [5, 5.41) is 0. The monoisotopic (exact) mass is 356 g/mol. The van der Waals surface area contributed by atoms with E-state index in [2.05, 4.69) is 0 Å². The van der Waals surface area contributed by atoms with Crippen LogP contribution in [-0.2, 0) is 14.8 Å². The first-order valence-corrected chi connectivity index (χ1v) is 9.32. The molecule has 0 unspecified atom stereocenters. The van der Waals surface area contributed by atoms with Gasteiger partial charge in [-0.1, -0.05) is 0 Å². The summed E-state index contributed by atoms with van der Waals surface area (Å²) in [6.07, 6.45) is -0.398. The summed E-state index contributed by atoms with van der Waals surface area (Å²) in [6, 6.07) is 3.25. The van der Waals surface area contributed by atoms with Gasteiger partial charge in [0.2, 0.25) is 10.0 Å². The molecule has 0 aromatic heterocycles. The van der Waals surface area contributed by atoms with E-state index in [9.17, 15) is 13.2 Å². The van der Waals surface area contributed by atoms with Gasteiger partial charge in [-0.2, -0.15) is 4.31 Å². The van der Waals surface area contributed by atoms with Gasteiger partial charge in [0.05, 0.1) is 18.6 Å². The van der Waals surface area contributed by atoms with Gasteiger partial charge in [-0.25, -0.2) is 13.2 Å². The molecule has 1 aromatic rings. The van der Waals surface area contributed by atoms with Crippen LogP contribution in [0.3, 0.4) is 0 Å². The molecular weight excluding hydrogens is 332 g/mol. The number of sulfonamides is 1. The van der Waals surface area contributed by atoms with Crippen LogP contribution in [0, 0.1) is 13.8 Å². The fraction of sp³-hybridized carbons (Fsp3) is 0.562. The van der Waals surface area contributed by atoms with Crippen molar-refractivity contribution in [2.75, 3.05) is 39.9 Å². The van der Waals surface area contributed by atoms with Gasteiger partial charge in [0.1, 0.15) is 5.75 Å². The van der Waals surface area contributed by atoms with Crippen molar-refractivity contribution in [1.29, 1.82) is 0 Å². The van der Waals surface area contributed by atoms with Crippen LogP contribution in [0.2, 0.25) is 0 Å². The van der Waals surface area contributed by atoms with Gasteiger partial charge in [-0.15, -0.1) is 0 Å². The number of carbonyl (C=O) groups is 1. The summed E-state index contributed by atoms with van der Waals surface area (Å²) in [6.45, 7) is 6.86. The number of rotatable bonds is 4. The minimum absolute atomic E-state index is 0.253. The lowest BCUT2D eigenvalue weighted by Gasteiger charge is -2.33. The smallest absolute Gasteiger partial charge is 0.409 e. The minimum atomic E-state index is -3.59. The predicted molar refractivity (Wildman–Crippen MR) is 89.8 cm³/mol. The highest BCUT2D eigenvalue weighted by Gasteiger charge is 2.31. The van der Waals surface area contributed by atoms with Crippen LogP contribution in [0.25, 0.3) is 0 Å². The highest BCUT2D eigenvalue weighted by Crippen LogP contribution is 2.28. The third kappa shape index (κ3) is 3.64. The van der Waals surface area contributed by atoms with Crippen LogP contribution in [0.15, 0.2) is 17.0 Å². The Morgan fingerprint density at radius 2 is 1.67 bits per heavy atom. The summed E-state index contributed by atoms with van der Waals surface area (Å²) in [4.78, 5) is 13.5. The molecule has 0 radical (unpaired) electrons. The Bertz CT molecular complexity index is 686. The lowest BCUT2D eigenvalue weighted by molar-refractivity contribution is 0.0934. The van der Waals surface area contributed by atoms with Crippen LogP contribution < -0.4 is 4.74 Å². The number of aryl methyl sites for hydroxylation is 2. The number of ether oxygens (including phenoxy) is 2. The van der Waals surface area contributed by atoms with E-state index < -0.39 is 16.1 Å². The molecule has 1 aliphatic heterocycles. The van der Waals surface area contributed by atoms with E-state index >= 15 is 0 Å². The third-order valence-electron chi connectivity index (χ3n) is 4.04. The summed E-state index contributed by atoms with van der Waals surface area (Å²) < 4.78 is 37.3. The fourth-order valence-electron chi connectivity index (χ4n) is 2.86. The predicted octanol–water partition coefficient (Wildman–Crippen LogP) is 1.77. The molecule has 0 saturated carbocycles. The first-order chi connectivity index (χ1) is 11.3. The Balaban J connectivity index is 2.16. The molecule has 7 nitrogen and oxygen atoms in total. The highest BCUT2D eigenvalue weighted by atomic mass is 32.2. The van der Waals surface area contributed by atoms with Crippen LogP contribution in [0.4, 0.5) is 4.79 Å². The second kappa shape index (κ2) is 7.40. The van der Waals surface area contributed by atoms with Gasteiger partial charge in [-0.3, -0.25) is 0 Å². The van der Waals surface area contributed by atoms with E-state index in [-0.39, 0.29) is 18.0 Å². The summed E-state index contributed by atoms with van der Waals surface area (Å²) in [7, 11) is -2.03. The van der Waals surface area contributed by atoms with E-state index in [4.69, 9.17) is 9.47 Å². The molecule has 1 saturated heterocycles. The van der Waals surface area contributed by atoms with E-state index in [0.717, 1.165) is 11.1 Å². The average molecular weight is 356 g/mol. The Hall–Kier alpha value is -1.80. The fourth-order valence-corrected chi connectivity index (χ4v) is 4.45. The second-order valence-corrected chi connectivity index (χ2v) is 7.62. The van der Waals surface area contributed by atoms with Crippen molar-refractivity contribution in [3.05, 3.63) is 23.3 Å². The number of amides is 1. The van der Waals surface area contributed by atoms with E-state index in [1.54, 1.807) is 26.2 Å². The quantitative estimate of drug-likeness (QED) is 0.822. The number of hydrogen-bond donors (Lipinski definition) is 0. The number of hydrogen-bond acceptors (Lipinski definition) is 5. The van der Waals surface area contributed by atoms with Crippen molar-refractivity contribution in [3.8, 4) is 5.75 Å². The number of nitrogens with zero attached hydrogens (tertiary/aromatic N) is 2. The first kappa shape index (κ1) is 18.5. The van der Waals surface area contributed by atoms with Gasteiger partial charge >= 0.3 is 6.09 Å². The van der Waals surface area contributed by atoms with Crippen LogP contribution in [0.5, 0.6) is 5.75 Å². The number of carbonyl (C=O) groups excluding carboxylic acids is 1. The average Bonchev–Trinajstić information content (AvgIpc) is 2.55. The zero-order chi connectivity index (χ0) is 17.9. The Morgan fingerprint density at radius 1 is 1.12 bits per heavy atom. The number of methoxy groups -OCH3 is 1. The number of piperazine rings is 1. The Morgan fingerprint density at radius 3 is 2.12 bits per heavy atom. The molecule has 0 aliphatic carbocycles. The normalized spacial score (nSPS) is 16.1. The molecule has 134 valence electrons. The molecule has 1 amide bonds. The van der Waals surface area contributed by atoms with Crippen LogP contribution in [0.1, 0.15) is 18.1 Å². The van der Waals surface area contributed by atoms with Crippen molar-refractivity contribution in [2.24, 2.45) is 0 Å². The van der Waals surface area contributed by atoms with E-state index in [1.807, 2.05) is 13.8 Å². The maximum absolute atomic E-state index is 12.8. The third-order valence-corrected chi connectivity index (χ3v) is 5.92. The molecule has 0 spiro atoms. The van der Waals surface area contributed by atoms with Gasteiger partial charge in [0.15, 0.2) is 0 Å². The van der Waals surface area contributed by atoms with E-state index in [0.29, 0.717) is 25.4 Å². The molecule has 0 bridgehead atoms. The molecule has 2 rings (SSSR count). The molecule has 1 aliphatic rings. The first-order valence-electron chi connectivity index (χ1n) is 7.88. The molecule has 1 aromatic carbocycles. The summed E-state index contributed by atoms with van der Waals surface area (Å²) in [5.74, 6) is 0.695. The molecule has 0 N–H and O–H groups in total. The highest BCUT2D eigenvalue weighted by molar-refractivity contribution is 7.89. The second-order valence-electron chi connectivity index (χ2n) is 5.68. The Labute approximate surface area is 143 Å². The van der Waals surface area contributed by atoms with Crippen LogP contribution >= 0.6 is 0 Å². The molecular formula is C16H24N2O5S.